The van der Waals surface area contributed by atoms with Gasteiger partial charge in [-0.05, 0) is 20.3 Å². The van der Waals surface area contributed by atoms with E-state index in [-0.39, 0.29) is 0 Å². The van der Waals surface area contributed by atoms with Crippen LogP contribution in [-0.2, 0) is 19.0 Å². The van der Waals surface area contributed by atoms with Crippen molar-refractivity contribution in [3.63, 3.8) is 0 Å². The third-order valence-corrected chi connectivity index (χ3v) is 2.56. The summed E-state index contributed by atoms with van der Waals surface area (Å²) in [6.07, 6.45) is 6.32. The summed E-state index contributed by atoms with van der Waals surface area (Å²) in [5.41, 5.74) is 0. The molecule has 0 radical (unpaired) electrons. The number of rotatable bonds is 12. The standard InChI is InChI=1S/C14H28O4/c1-4-7-8-9-10-11-12-18-14(17-6-3)13(15)16-5-2/h14H,4-12H2,1-3H3. The Bertz CT molecular complexity index is 194. The van der Waals surface area contributed by atoms with Gasteiger partial charge in [0.1, 0.15) is 0 Å². The number of unbranched alkanes of at least 4 members (excludes halogenated alkanes) is 5. The molecule has 0 amide bonds. The van der Waals surface area contributed by atoms with Gasteiger partial charge in [-0.3, -0.25) is 0 Å². The van der Waals surface area contributed by atoms with Crippen LogP contribution in [0.5, 0.6) is 0 Å². The predicted molar refractivity (Wildman–Crippen MR) is 71.4 cm³/mol. The SMILES string of the molecule is CCCCCCCCOC(OCC)C(=O)OCC. The monoisotopic (exact) mass is 260 g/mol. The largest absolute Gasteiger partial charge is 0.462 e. The topological polar surface area (TPSA) is 44.8 Å². The maximum atomic E-state index is 11.5. The summed E-state index contributed by atoms with van der Waals surface area (Å²) >= 11 is 0. The van der Waals surface area contributed by atoms with E-state index in [2.05, 4.69) is 6.92 Å². The number of hydrogen-bond donors (Lipinski definition) is 0. The molecular formula is C14H28O4. The molecule has 1 atom stereocenters. The van der Waals surface area contributed by atoms with E-state index in [1.807, 2.05) is 6.92 Å². The van der Waals surface area contributed by atoms with E-state index in [0.717, 1.165) is 12.8 Å². The summed E-state index contributed by atoms with van der Waals surface area (Å²) in [7, 11) is 0. The molecular weight excluding hydrogens is 232 g/mol. The summed E-state index contributed by atoms with van der Waals surface area (Å²) < 4.78 is 15.5. The molecule has 0 spiro atoms. The number of hydrogen-bond acceptors (Lipinski definition) is 4. The van der Waals surface area contributed by atoms with Gasteiger partial charge in [0, 0.05) is 6.61 Å². The Morgan fingerprint density at radius 1 is 0.889 bits per heavy atom. The van der Waals surface area contributed by atoms with E-state index in [1.54, 1.807) is 6.92 Å². The van der Waals surface area contributed by atoms with E-state index < -0.39 is 12.3 Å². The van der Waals surface area contributed by atoms with Gasteiger partial charge in [0.15, 0.2) is 0 Å². The first-order chi connectivity index (χ1) is 8.76. The number of esters is 1. The van der Waals surface area contributed by atoms with Gasteiger partial charge in [0.25, 0.3) is 6.29 Å². The van der Waals surface area contributed by atoms with Crippen LogP contribution in [0.25, 0.3) is 0 Å². The van der Waals surface area contributed by atoms with E-state index in [9.17, 15) is 4.79 Å². The number of ether oxygens (including phenoxy) is 3. The molecule has 0 rings (SSSR count). The Kier molecular flexibility index (Phi) is 12.4. The van der Waals surface area contributed by atoms with Gasteiger partial charge in [-0.2, -0.15) is 0 Å². The Labute approximate surface area is 111 Å². The lowest BCUT2D eigenvalue weighted by Gasteiger charge is -2.15. The molecule has 0 saturated heterocycles. The zero-order chi connectivity index (χ0) is 13.6. The zero-order valence-corrected chi connectivity index (χ0v) is 12.1. The molecule has 18 heavy (non-hydrogen) atoms. The van der Waals surface area contributed by atoms with Crippen LogP contribution in [0.1, 0.15) is 59.3 Å². The molecule has 0 N–H and O–H groups in total. The molecule has 0 aliphatic carbocycles. The smallest absolute Gasteiger partial charge is 0.363 e. The fraction of sp³-hybridized carbons (Fsp3) is 0.929. The summed E-state index contributed by atoms with van der Waals surface area (Å²) in [5.74, 6) is -0.426. The van der Waals surface area contributed by atoms with Gasteiger partial charge in [0.05, 0.1) is 13.2 Å². The van der Waals surface area contributed by atoms with E-state index in [1.165, 1.54) is 25.7 Å². The quantitative estimate of drug-likeness (QED) is 0.307. The lowest BCUT2D eigenvalue weighted by molar-refractivity contribution is -0.194. The number of carbonyl (C=O) groups is 1. The van der Waals surface area contributed by atoms with Gasteiger partial charge in [-0.1, -0.05) is 39.0 Å². The molecule has 0 fully saturated rings. The van der Waals surface area contributed by atoms with E-state index in [4.69, 9.17) is 14.2 Å². The van der Waals surface area contributed by atoms with Crippen molar-refractivity contribution < 1.29 is 19.0 Å². The van der Waals surface area contributed by atoms with Gasteiger partial charge in [-0.15, -0.1) is 0 Å². The molecule has 0 aliphatic heterocycles. The molecule has 0 heterocycles. The molecule has 0 bridgehead atoms. The average molecular weight is 260 g/mol. The summed E-state index contributed by atoms with van der Waals surface area (Å²) in [6, 6.07) is 0. The highest BCUT2D eigenvalue weighted by Gasteiger charge is 2.20. The van der Waals surface area contributed by atoms with Crippen LogP contribution in [0.4, 0.5) is 0 Å². The van der Waals surface area contributed by atoms with Crippen molar-refractivity contribution >= 4 is 5.97 Å². The van der Waals surface area contributed by atoms with E-state index >= 15 is 0 Å². The van der Waals surface area contributed by atoms with Crippen LogP contribution >= 0.6 is 0 Å². The van der Waals surface area contributed by atoms with E-state index in [0.29, 0.717) is 19.8 Å². The van der Waals surface area contributed by atoms with Crippen molar-refractivity contribution in [2.24, 2.45) is 0 Å². The Hall–Kier alpha value is -0.610. The molecule has 4 heteroatoms. The maximum Gasteiger partial charge on any atom is 0.363 e. The molecule has 108 valence electrons. The van der Waals surface area contributed by atoms with Crippen molar-refractivity contribution in [1.82, 2.24) is 0 Å². The van der Waals surface area contributed by atoms with Crippen LogP contribution in [0.15, 0.2) is 0 Å². The zero-order valence-electron chi connectivity index (χ0n) is 12.1. The highest BCUT2D eigenvalue weighted by Crippen LogP contribution is 2.06. The molecule has 0 aromatic carbocycles. The van der Waals surface area contributed by atoms with Crippen molar-refractivity contribution in [3.8, 4) is 0 Å². The first-order valence-electron chi connectivity index (χ1n) is 7.16. The minimum absolute atomic E-state index is 0.350. The third kappa shape index (κ3) is 9.42. The lowest BCUT2D eigenvalue weighted by Crippen LogP contribution is -2.30. The normalized spacial score (nSPS) is 12.4. The van der Waals surface area contributed by atoms with Gasteiger partial charge in [-0.25, -0.2) is 4.79 Å². The van der Waals surface area contributed by atoms with Crippen molar-refractivity contribution in [3.05, 3.63) is 0 Å². The van der Waals surface area contributed by atoms with Crippen LogP contribution in [0.3, 0.4) is 0 Å². The first-order valence-corrected chi connectivity index (χ1v) is 7.16. The highest BCUT2D eigenvalue weighted by atomic mass is 16.7. The van der Waals surface area contributed by atoms with Gasteiger partial charge in [0.2, 0.25) is 0 Å². The fourth-order valence-corrected chi connectivity index (χ4v) is 1.62. The van der Waals surface area contributed by atoms with Crippen molar-refractivity contribution in [2.45, 2.75) is 65.6 Å². The summed E-state index contributed by atoms with van der Waals surface area (Å²) in [4.78, 5) is 11.5. The van der Waals surface area contributed by atoms with Gasteiger partial charge >= 0.3 is 5.97 Å². The third-order valence-electron chi connectivity index (χ3n) is 2.56. The Balaban J connectivity index is 3.60. The highest BCUT2D eigenvalue weighted by molar-refractivity contribution is 5.73. The summed E-state index contributed by atoms with van der Waals surface area (Å²) in [5, 5.41) is 0. The first kappa shape index (κ1) is 17.4. The van der Waals surface area contributed by atoms with Crippen molar-refractivity contribution in [2.75, 3.05) is 19.8 Å². The Morgan fingerprint density at radius 3 is 2.17 bits per heavy atom. The molecule has 1 unspecified atom stereocenters. The maximum absolute atomic E-state index is 11.5. The van der Waals surface area contributed by atoms with Crippen molar-refractivity contribution in [1.29, 1.82) is 0 Å². The second-order valence-corrected chi connectivity index (χ2v) is 4.18. The second kappa shape index (κ2) is 12.8. The minimum atomic E-state index is -0.856. The second-order valence-electron chi connectivity index (χ2n) is 4.18. The van der Waals surface area contributed by atoms with Crippen LogP contribution < -0.4 is 0 Å². The molecule has 0 aromatic rings. The van der Waals surface area contributed by atoms with Crippen LogP contribution in [0, 0.1) is 0 Å². The molecule has 0 aliphatic rings. The predicted octanol–water partition coefficient (Wildman–Crippen LogP) is 3.29. The van der Waals surface area contributed by atoms with Gasteiger partial charge < -0.3 is 14.2 Å². The van der Waals surface area contributed by atoms with Crippen LogP contribution in [0.2, 0.25) is 0 Å². The minimum Gasteiger partial charge on any atom is -0.462 e. The summed E-state index contributed by atoms with van der Waals surface area (Å²) in [6.45, 7) is 7.16. The Morgan fingerprint density at radius 2 is 1.56 bits per heavy atom. The molecule has 0 aromatic heterocycles. The fourth-order valence-electron chi connectivity index (χ4n) is 1.62. The van der Waals surface area contributed by atoms with Crippen LogP contribution in [-0.4, -0.2) is 32.1 Å². The lowest BCUT2D eigenvalue weighted by atomic mass is 10.1. The molecule has 0 saturated carbocycles. The molecule has 4 nitrogen and oxygen atoms in total. The number of carbonyl (C=O) groups excluding carboxylic acids is 1. The average Bonchev–Trinajstić information content (AvgIpc) is 2.36.